The first kappa shape index (κ1) is 17.4. The molecule has 8 nitrogen and oxygen atoms in total. The number of amides is 1. The fraction of sp³-hybridized carbons (Fsp3) is 0.375. The number of nitriles is 1. The predicted molar refractivity (Wildman–Crippen MR) is 89.7 cm³/mol. The van der Waals surface area contributed by atoms with Crippen LogP contribution in [0.5, 0.6) is 0 Å². The van der Waals surface area contributed by atoms with Crippen LogP contribution in [-0.2, 0) is 4.79 Å². The SMILES string of the molecule is C=CCNC(=O)CN1CCN(c2ccc([N+](=O)[O-])cc2C#N)CC1. The summed E-state index contributed by atoms with van der Waals surface area (Å²) in [5.41, 5.74) is 0.896. The summed E-state index contributed by atoms with van der Waals surface area (Å²) in [6.07, 6.45) is 1.63. The van der Waals surface area contributed by atoms with Crippen molar-refractivity contribution >= 4 is 17.3 Å². The summed E-state index contributed by atoms with van der Waals surface area (Å²) >= 11 is 0. The molecular formula is C16H19N5O3. The molecule has 0 aromatic heterocycles. The maximum absolute atomic E-state index is 11.7. The lowest BCUT2D eigenvalue weighted by atomic mass is 10.1. The molecule has 1 aromatic carbocycles. The minimum Gasteiger partial charge on any atom is -0.368 e. The zero-order chi connectivity index (χ0) is 17.5. The molecule has 1 aliphatic rings. The average Bonchev–Trinajstić information content (AvgIpc) is 2.60. The molecule has 1 amide bonds. The van der Waals surface area contributed by atoms with Gasteiger partial charge in [-0.15, -0.1) is 6.58 Å². The number of nitro benzene ring substituents is 1. The zero-order valence-corrected chi connectivity index (χ0v) is 13.3. The fourth-order valence-corrected chi connectivity index (χ4v) is 2.59. The third-order valence-electron chi connectivity index (χ3n) is 3.84. The molecule has 1 N–H and O–H groups in total. The Morgan fingerprint density at radius 1 is 1.42 bits per heavy atom. The summed E-state index contributed by atoms with van der Waals surface area (Å²) in [5.74, 6) is -0.0450. The minimum absolute atomic E-state index is 0.0450. The number of nitrogens with zero attached hydrogens (tertiary/aromatic N) is 4. The Morgan fingerprint density at radius 2 is 2.12 bits per heavy atom. The second-order valence-corrected chi connectivity index (χ2v) is 5.43. The highest BCUT2D eigenvalue weighted by molar-refractivity contribution is 5.78. The molecule has 1 fully saturated rings. The minimum atomic E-state index is -0.510. The van der Waals surface area contributed by atoms with Gasteiger partial charge in [0.25, 0.3) is 5.69 Å². The third-order valence-corrected chi connectivity index (χ3v) is 3.84. The van der Waals surface area contributed by atoms with Gasteiger partial charge in [0, 0.05) is 44.9 Å². The van der Waals surface area contributed by atoms with Crippen molar-refractivity contribution in [3.05, 3.63) is 46.5 Å². The highest BCUT2D eigenvalue weighted by Crippen LogP contribution is 2.25. The van der Waals surface area contributed by atoms with Gasteiger partial charge in [0.1, 0.15) is 6.07 Å². The van der Waals surface area contributed by atoms with E-state index in [1.54, 1.807) is 12.1 Å². The van der Waals surface area contributed by atoms with Gasteiger partial charge >= 0.3 is 0 Å². The van der Waals surface area contributed by atoms with E-state index in [9.17, 15) is 20.2 Å². The molecule has 0 atom stereocenters. The Labute approximate surface area is 140 Å². The molecule has 126 valence electrons. The fourth-order valence-electron chi connectivity index (χ4n) is 2.59. The summed E-state index contributed by atoms with van der Waals surface area (Å²) in [6.45, 7) is 7.01. The normalized spacial score (nSPS) is 14.7. The second-order valence-electron chi connectivity index (χ2n) is 5.43. The van der Waals surface area contributed by atoms with Gasteiger partial charge in [-0.05, 0) is 6.07 Å². The number of rotatable bonds is 6. The van der Waals surface area contributed by atoms with Gasteiger partial charge in [0.05, 0.1) is 22.7 Å². The number of anilines is 1. The van der Waals surface area contributed by atoms with Crippen molar-refractivity contribution in [3.8, 4) is 6.07 Å². The molecule has 0 radical (unpaired) electrons. The van der Waals surface area contributed by atoms with Crippen LogP contribution in [0.4, 0.5) is 11.4 Å². The van der Waals surface area contributed by atoms with E-state index in [2.05, 4.69) is 11.9 Å². The quantitative estimate of drug-likeness (QED) is 0.472. The molecule has 1 saturated heterocycles. The highest BCUT2D eigenvalue weighted by atomic mass is 16.6. The number of carbonyl (C=O) groups excluding carboxylic acids is 1. The number of non-ortho nitro benzene ring substituents is 1. The van der Waals surface area contributed by atoms with Crippen molar-refractivity contribution < 1.29 is 9.72 Å². The van der Waals surface area contributed by atoms with Gasteiger partial charge in [-0.3, -0.25) is 19.8 Å². The number of nitrogens with one attached hydrogen (secondary N) is 1. The van der Waals surface area contributed by atoms with E-state index in [4.69, 9.17) is 0 Å². The van der Waals surface area contributed by atoms with E-state index in [0.29, 0.717) is 50.5 Å². The van der Waals surface area contributed by atoms with Crippen LogP contribution in [0.3, 0.4) is 0 Å². The van der Waals surface area contributed by atoms with Crippen molar-refractivity contribution in [2.45, 2.75) is 0 Å². The van der Waals surface area contributed by atoms with Gasteiger partial charge in [0.2, 0.25) is 5.91 Å². The third kappa shape index (κ3) is 4.30. The molecule has 0 unspecified atom stereocenters. The van der Waals surface area contributed by atoms with E-state index in [0.717, 1.165) is 0 Å². The number of benzene rings is 1. The molecule has 24 heavy (non-hydrogen) atoms. The number of hydrogen-bond acceptors (Lipinski definition) is 6. The molecule has 8 heteroatoms. The first-order chi connectivity index (χ1) is 11.5. The van der Waals surface area contributed by atoms with Crippen molar-refractivity contribution in [3.63, 3.8) is 0 Å². The van der Waals surface area contributed by atoms with Crippen molar-refractivity contribution in [2.24, 2.45) is 0 Å². The maximum atomic E-state index is 11.7. The molecule has 1 aliphatic heterocycles. The van der Waals surface area contributed by atoms with E-state index < -0.39 is 4.92 Å². The number of hydrogen-bond donors (Lipinski definition) is 1. The van der Waals surface area contributed by atoms with Crippen LogP contribution >= 0.6 is 0 Å². The Hall–Kier alpha value is -2.92. The van der Waals surface area contributed by atoms with Gasteiger partial charge in [0.15, 0.2) is 0 Å². The van der Waals surface area contributed by atoms with Crippen molar-refractivity contribution in [2.75, 3.05) is 44.2 Å². The Balaban J connectivity index is 1.97. The lowest BCUT2D eigenvalue weighted by Crippen LogP contribution is -2.49. The molecule has 2 rings (SSSR count). The number of carbonyl (C=O) groups is 1. The molecule has 0 saturated carbocycles. The van der Waals surface area contributed by atoms with Crippen LogP contribution in [0.15, 0.2) is 30.9 Å². The van der Waals surface area contributed by atoms with Gasteiger partial charge in [-0.2, -0.15) is 5.26 Å². The molecule has 1 aromatic rings. The standard InChI is InChI=1S/C16H19N5O3/c1-2-5-18-16(22)12-19-6-8-20(9-7-19)15-4-3-14(21(23)24)10-13(15)11-17/h2-4,10H,1,5-9,12H2,(H,18,22). The van der Waals surface area contributed by atoms with Crippen LogP contribution in [-0.4, -0.2) is 55.0 Å². The topological polar surface area (TPSA) is 103 Å². The summed E-state index contributed by atoms with van der Waals surface area (Å²) in [6, 6.07) is 6.34. The second kappa shape index (κ2) is 8.08. The Morgan fingerprint density at radius 3 is 2.71 bits per heavy atom. The number of nitro groups is 1. The lowest BCUT2D eigenvalue weighted by molar-refractivity contribution is -0.384. The Kier molecular flexibility index (Phi) is 5.87. The van der Waals surface area contributed by atoms with Gasteiger partial charge < -0.3 is 10.2 Å². The first-order valence-corrected chi connectivity index (χ1v) is 7.58. The zero-order valence-electron chi connectivity index (χ0n) is 13.3. The van der Waals surface area contributed by atoms with E-state index in [1.807, 2.05) is 15.9 Å². The van der Waals surface area contributed by atoms with Gasteiger partial charge in [-0.1, -0.05) is 6.08 Å². The van der Waals surface area contributed by atoms with Crippen LogP contribution in [0, 0.1) is 21.4 Å². The van der Waals surface area contributed by atoms with E-state index in [-0.39, 0.29) is 11.6 Å². The van der Waals surface area contributed by atoms with E-state index >= 15 is 0 Å². The average molecular weight is 329 g/mol. The van der Waals surface area contributed by atoms with Crippen LogP contribution < -0.4 is 10.2 Å². The highest BCUT2D eigenvalue weighted by Gasteiger charge is 2.22. The predicted octanol–water partition coefficient (Wildman–Crippen LogP) is 0.891. The molecule has 0 bridgehead atoms. The summed E-state index contributed by atoms with van der Waals surface area (Å²) in [4.78, 5) is 26.1. The van der Waals surface area contributed by atoms with Crippen molar-refractivity contribution in [1.82, 2.24) is 10.2 Å². The van der Waals surface area contributed by atoms with Crippen LogP contribution in [0.1, 0.15) is 5.56 Å². The Bertz CT molecular complexity index is 675. The molecule has 0 aliphatic carbocycles. The summed E-state index contributed by atoms with van der Waals surface area (Å²) in [7, 11) is 0. The van der Waals surface area contributed by atoms with Crippen LogP contribution in [0.25, 0.3) is 0 Å². The number of piperazine rings is 1. The largest absolute Gasteiger partial charge is 0.368 e. The molecule has 1 heterocycles. The summed E-state index contributed by atoms with van der Waals surface area (Å²) in [5, 5.41) is 22.8. The lowest BCUT2D eigenvalue weighted by Gasteiger charge is -2.36. The molecular weight excluding hydrogens is 310 g/mol. The molecule has 0 spiro atoms. The smallest absolute Gasteiger partial charge is 0.270 e. The monoisotopic (exact) mass is 329 g/mol. The summed E-state index contributed by atoms with van der Waals surface area (Å²) < 4.78 is 0. The van der Waals surface area contributed by atoms with Crippen molar-refractivity contribution in [1.29, 1.82) is 5.26 Å². The first-order valence-electron chi connectivity index (χ1n) is 7.58. The van der Waals surface area contributed by atoms with E-state index in [1.165, 1.54) is 12.1 Å². The maximum Gasteiger partial charge on any atom is 0.270 e. The van der Waals surface area contributed by atoms with Crippen LogP contribution in [0.2, 0.25) is 0 Å². The van der Waals surface area contributed by atoms with Gasteiger partial charge in [-0.25, -0.2) is 0 Å².